The van der Waals surface area contributed by atoms with E-state index in [2.05, 4.69) is 29.1 Å². The van der Waals surface area contributed by atoms with E-state index in [-0.39, 0.29) is 0 Å². The number of ether oxygens (including phenoxy) is 1. The number of halogens is 1. The largest absolute Gasteiger partial charge is 0.437 e. The zero-order chi connectivity index (χ0) is 15.2. The van der Waals surface area contributed by atoms with Crippen molar-refractivity contribution in [1.82, 2.24) is 15.3 Å². The molecule has 21 heavy (non-hydrogen) atoms. The fourth-order valence-corrected chi connectivity index (χ4v) is 2.04. The Balaban J connectivity index is 1.95. The lowest BCUT2D eigenvalue weighted by molar-refractivity contribution is 0.455. The van der Waals surface area contributed by atoms with Gasteiger partial charge in [0.2, 0.25) is 5.88 Å². The summed E-state index contributed by atoms with van der Waals surface area (Å²) in [7, 11) is 0. The summed E-state index contributed by atoms with van der Waals surface area (Å²) in [5, 5.41) is 4.02. The average Bonchev–Trinajstić information content (AvgIpc) is 2.43. The van der Waals surface area contributed by atoms with Crippen LogP contribution in [0.4, 0.5) is 0 Å². The molecule has 0 atom stereocenters. The van der Waals surface area contributed by atoms with E-state index in [0.717, 1.165) is 23.6 Å². The molecule has 2 aromatic rings. The molecular formula is C16H20ClN3O. The first-order valence-corrected chi connectivity index (χ1v) is 7.38. The first kappa shape index (κ1) is 15.7. The summed E-state index contributed by atoms with van der Waals surface area (Å²) in [6.45, 7) is 7.96. The summed E-state index contributed by atoms with van der Waals surface area (Å²) >= 11 is 5.92. The lowest BCUT2D eigenvalue weighted by Crippen LogP contribution is -2.19. The van der Waals surface area contributed by atoms with Crippen molar-refractivity contribution in [2.45, 2.75) is 27.3 Å². The molecule has 1 aromatic carbocycles. The van der Waals surface area contributed by atoms with Gasteiger partial charge >= 0.3 is 0 Å². The quantitative estimate of drug-likeness (QED) is 0.877. The van der Waals surface area contributed by atoms with Gasteiger partial charge < -0.3 is 10.1 Å². The normalized spacial score (nSPS) is 10.9. The molecule has 1 heterocycles. The molecule has 0 radical (unpaired) electrons. The molecule has 112 valence electrons. The zero-order valence-electron chi connectivity index (χ0n) is 12.6. The maximum Gasteiger partial charge on any atom is 0.237 e. The van der Waals surface area contributed by atoms with Gasteiger partial charge in [-0.25, -0.2) is 4.98 Å². The van der Waals surface area contributed by atoms with Gasteiger partial charge in [-0.3, -0.25) is 4.98 Å². The van der Waals surface area contributed by atoms with Crippen LogP contribution >= 0.6 is 11.6 Å². The minimum atomic E-state index is 0.480. The smallest absolute Gasteiger partial charge is 0.237 e. The second-order valence-electron chi connectivity index (χ2n) is 5.38. The fourth-order valence-electron chi connectivity index (χ4n) is 1.82. The van der Waals surface area contributed by atoms with Gasteiger partial charge in [0.25, 0.3) is 0 Å². The van der Waals surface area contributed by atoms with Crippen molar-refractivity contribution in [3.8, 4) is 11.6 Å². The van der Waals surface area contributed by atoms with Crippen LogP contribution in [0.3, 0.4) is 0 Å². The van der Waals surface area contributed by atoms with E-state index in [0.29, 0.717) is 23.4 Å². The van der Waals surface area contributed by atoms with Gasteiger partial charge in [-0.15, -0.1) is 0 Å². The minimum absolute atomic E-state index is 0.480. The van der Waals surface area contributed by atoms with Crippen LogP contribution in [-0.2, 0) is 6.54 Å². The van der Waals surface area contributed by atoms with Gasteiger partial charge in [0.1, 0.15) is 5.75 Å². The highest BCUT2D eigenvalue weighted by Gasteiger charge is 2.04. The Morgan fingerprint density at radius 2 is 2.05 bits per heavy atom. The number of nitrogens with zero attached hydrogens (tertiary/aromatic N) is 2. The Bertz CT molecular complexity index is 585. The number of benzene rings is 1. The van der Waals surface area contributed by atoms with E-state index in [1.54, 1.807) is 18.5 Å². The van der Waals surface area contributed by atoms with Crippen LogP contribution in [0.15, 0.2) is 30.6 Å². The Hall–Kier alpha value is -1.65. The molecule has 0 saturated carbocycles. The topological polar surface area (TPSA) is 47.0 Å². The minimum Gasteiger partial charge on any atom is -0.437 e. The molecule has 0 spiro atoms. The Morgan fingerprint density at radius 3 is 2.67 bits per heavy atom. The number of aromatic nitrogens is 2. The molecule has 1 aromatic heterocycles. The van der Waals surface area contributed by atoms with Crippen LogP contribution in [0, 0.1) is 12.8 Å². The molecule has 4 nitrogen and oxygen atoms in total. The van der Waals surface area contributed by atoms with Gasteiger partial charge in [-0.05, 0) is 43.1 Å². The predicted molar refractivity (Wildman–Crippen MR) is 84.8 cm³/mol. The molecule has 5 heteroatoms. The van der Waals surface area contributed by atoms with Crippen LogP contribution < -0.4 is 10.1 Å². The van der Waals surface area contributed by atoms with E-state index in [1.807, 2.05) is 19.1 Å². The first-order chi connectivity index (χ1) is 10.0. The van der Waals surface area contributed by atoms with E-state index >= 15 is 0 Å². The van der Waals surface area contributed by atoms with Gasteiger partial charge in [0, 0.05) is 11.6 Å². The molecule has 0 saturated heterocycles. The Morgan fingerprint density at radius 1 is 1.24 bits per heavy atom. The van der Waals surface area contributed by atoms with Crippen molar-refractivity contribution in [1.29, 1.82) is 0 Å². The average molecular weight is 306 g/mol. The summed E-state index contributed by atoms with van der Waals surface area (Å²) in [4.78, 5) is 8.62. The summed E-state index contributed by atoms with van der Waals surface area (Å²) < 4.78 is 5.71. The summed E-state index contributed by atoms with van der Waals surface area (Å²) in [5.74, 6) is 1.83. The van der Waals surface area contributed by atoms with Crippen LogP contribution in [0.2, 0.25) is 5.02 Å². The highest BCUT2D eigenvalue weighted by molar-refractivity contribution is 6.30. The molecule has 0 bridgehead atoms. The molecule has 0 unspecified atom stereocenters. The Labute approximate surface area is 130 Å². The molecule has 0 amide bonds. The van der Waals surface area contributed by atoms with Gasteiger partial charge in [-0.1, -0.05) is 25.4 Å². The third kappa shape index (κ3) is 4.99. The van der Waals surface area contributed by atoms with E-state index in [1.165, 1.54) is 0 Å². The second kappa shape index (κ2) is 7.38. The highest BCUT2D eigenvalue weighted by atomic mass is 35.5. The third-order valence-corrected chi connectivity index (χ3v) is 3.13. The number of nitrogens with one attached hydrogen (secondary N) is 1. The molecule has 2 rings (SSSR count). The van der Waals surface area contributed by atoms with E-state index in [9.17, 15) is 0 Å². The second-order valence-corrected chi connectivity index (χ2v) is 5.82. The molecule has 0 fully saturated rings. The van der Waals surface area contributed by atoms with Gasteiger partial charge in [-0.2, -0.15) is 0 Å². The van der Waals surface area contributed by atoms with Crippen LogP contribution in [0.1, 0.15) is 25.1 Å². The van der Waals surface area contributed by atoms with Crippen molar-refractivity contribution < 1.29 is 4.74 Å². The summed E-state index contributed by atoms with van der Waals surface area (Å²) in [6, 6.07) is 5.48. The monoisotopic (exact) mass is 305 g/mol. The maximum absolute atomic E-state index is 5.92. The lowest BCUT2D eigenvalue weighted by atomic mass is 10.2. The van der Waals surface area contributed by atoms with Crippen LogP contribution in [-0.4, -0.2) is 16.5 Å². The maximum atomic E-state index is 5.92. The predicted octanol–water partition coefficient (Wildman–Crippen LogP) is 3.98. The number of hydrogen-bond acceptors (Lipinski definition) is 4. The molecule has 0 aliphatic rings. The number of rotatable bonds is 6. The first-order valence-electron chi connectivity index (χ1n) is 7.00. The standard InChI is InChI=1S/C16H20ClN3O/c1-11(2)7-18-8-14-9-20-16(10-19-14)21-15-5-4-13(17)6-12(15)3/h4-6,9-11,18H,7-8H2,1-3H3. The van der Waals surface area contributed by atoms with Crippen molar-refractivity contribution in [2.24, 2.45) is 5.92 Å². The van der Waals surface area contributed by atoms with Crippen molar-refractivity contribution in [3.63, 3.8) is 0 Å². The van der Waals surface area contributed by atoms with Crippen molar-refractivity contribution in [2.75, 3.05) is 6.54 Å². The van der Waals surface area contributed by atoms with Gasteiger partial charge in [0.15, 0.2) is 0 Å². The van der Waals surface area contributed by atoms with Crippen LogP contribution in [0.5, 0.6) is 11.6 Å². The summed E-state index contributed by atoms with van der Waals surface area (Å²) in [5.41, 5.74) is 1.86. The van der Waals surface area contributed by atoms with E-state index in [4.69, 9.17) is 16.3 Å². The van der Waals surface area contributed by atoms with E-state index < -0.39 is 0 Å². The zero-order valence-corrected chi connectivity index (χ0v) is 13.3. The molecular weight excluding hydrogens is 286 g/mol. The number of aryl methyl sites for hydroxylation is 1. The fraction of sp³-hybridized carbons (Fsp3) is 0.375. The lowest BCUT2D eigenvalue weighted by Gasteiger charge is -2.09. The highest BCUT2D eigenvalue weighted by Crippen LogP contribution is 2.25. The van der Waals surface area contributed by atoms with Crippen molar-refractivity contribution in [3.05, 3.63) is 46.9 Å². The molecule has 0 aliphatic carbocycles. The van der Waals surface area contributed by atoms with Gasteiger partial charge in [0.05, 0.1) is 18.1 Å². The Kier molecular flexibility index (Phi) is 5.53. The van der Waals surface area contributed by atoms with Crippen molar-refractivity contribution >= 4 is 11.6 Å². The van der Waals surface area contributed by atoms with Crippen LogP contribution in [0.25, 0.3) is 0 Å². The molecule has 0 aliphatic heterocycles. The third-order valence-electron chi connectivity index (χ3n) is 2.89. The SMILES string of the molecule is Cc1cc(Cl)ccc1Oc1cnc(CNCC(C)C)cn1. The molecule has 1 N–H and O–H groups in total. The number of hydrogen-bond donors (Lipinski definition) is 1. The summed E-state index contributed by atoms with van der Waals surface area (Å²) in [6.07, 6.45) is 3.37.